The van der Waals surface area contributed by atoms with Crippen molar-refractivity contribution in [1.29, 1.82) is 0 Å². The van der Waals surface area contributed by atoms with Crippen molar-refractivity contribution < 1.29 is 13.2 Å². The zero-order valence-electron chi connectivity index (χ0n) is 22.0. The molecule has 1 amide bonds. The zero-order chi connectivity index (χ0) is 26.9. The van der Waals surface area contributed by atoms with Gasteiger partial charge in [-0.1, -0.05) is 41.6 Å². The molecule has 2 aromatic carbocycles. The van der Waals surface area contributed by atoms with Crippen LogP contribution in [0.5, 0.6) is 0 Å². The molecule has 1 aromatic heterocycles. The third-order valence-electron chi connectivity index (χ3n) is 6.97. The van der Waals surface area contributed by atoms with E-state index >= 15 is 0 Å². The molecule has 0 saturated carbocycles. The van der Waals surface area contributed by atoms with E-state index in [1.165, 1.54) is 41.2 Å². The number of carbonyl (C=O) groups excluding carboxylic acids is 1. The van der Waals surface area contributed by atoms with Gasteiger partial charge in [-0.05, 0) is 68.9 Å². The Bertz CT molecular complexity index is 1440. The number of sulfonamides is 1. The SMILES string of the molecule is CC(C)(C)NCc1ccc2c(c1)CCC[C@H]2n1cc(CC2C(=O)NC=CN2S(=O)(=O)c2ccccc2)nn1. The van der Waals surface area contributed by atoms with E-state index in [1.54, 1.807) is 18.2 Å². The predicted octanol–water partition coefficient (Wildman–Crippen LogP) is 3.29. The largest absolute Gasteiger partial charge is 0.329 e. The highest BCUT2D eigenvalue weighted by atomic mass is 32.2. The minimum Gasteiger partial charge on any atom is -0.329 e. The van der Waals surface area contributed by atoms with Crippen LogP contribution in [-0.4, -0.2) is 45.2 Å². The molecule has 0 fully saturated rings. The monoisotopic (exact) mass is 534 g/mol. The van der Waals surface area contributed by atoms with Crippen molar-refractivity contribution in [2.24, 2.45) is 0 Å². The smallest absolute Gasteiger partial charge is 0.264 e. The first-order valence-corrected chi connectivity index (χ1v) is 14.4. The van der Waals surface area contributed by atoms with Gasteiger partial charge in [0.2, 0.25) is 5.91 Å². The van der Waals surface area contributed by atoms with E-state index in [1.807, 2.05) is 10.9 Å². The lowest BCUT2D eigenvalue weighted by Crippen LogP contribution is -2.50. The summed E-state index contributed by atoms with van der Waals surface area (Å²) < 4.78 is 29.6. The van der Waals surface area contributed by atoms with Crippen LogP contribution >= 0.6 is 0 Å². The number of amides is 1. The molecule has 5 rings (SSSR count). The summed E-state index contributed by atoms with van der Waals surface area (Å²) in [6.45, 7) is 7.29. The molecule has 0 bridgehead atoms. The summed E-state index contributed by atoms with van der Waals surface area (Å²) in [5.41, 5.74) is 4.43. The maximum Gasteiger partial charge on any atom is 0.264 e. The fraction of sp³-hybridized carbons (Fsp3) is 0.393. The number of aromatic nitrogens is 3. The normalized spacial score (nSPS) is 19.8. The Morgan fingerprint density at radius 1 is 1.13 bits per heavy atom. The molecule has 38 heavy (non-hydrogen) atoms. The van der Waals surface area contributed by atoms with Crippen LogP contribution in [0.4, 0.5) is 0 Å². The molecule has 0 spiro atoms. The molecule has 2 heterocycles. The molecular formula is C28H34N6O3S. The molecule has 9 nitrogen and oxygen atoms in total. The Morgan fingerprint density at radius 2 is 1.92 bits per heavy atom. The fourth-order valence-electron chi connectivity index (χ4n) is 5.00. The van der Waals surface area contributed by atoms with E-state index in [0.717, 1.165) is 30.1 Å². The van der Waals surface area contributed by atoms with Gasteiger partial charge < -0.3 is 10.6 Å². The highest BCUT2D eigenvalue weighted by Crippen LogP contribution is 2.33. The van der Waals surface area contributed by atoms with Crippen LogP contribution in [0.2, 0.25) is 0 Å². The number of nitrogens with zero attached hydrogens (tertiary/aromatic N) is 4. The van der Waals surface area contributed by atoms with E-state index in [-0.39, 0.29) is 22.9 Å². The molecule has 200 valence electrons. The van der Waals surface area contributed by atoms with Crippen molar-refractivity contribution in [2.45, 2.75) is 75.5 Å². The van der Waals surface area contributed by atoms with Crippen LogP contribution in [0.1, 0.15) is 62.0 Å². The van der Waals surface area contributed by atoms with Crippen LogP contribution in [0.15, 0.2) is 72.0 Å². The van der Waals surface area contributed by atoms with Crippen LogP contribution in [0.3, 0.4) is 0 Å². The number of hydrogen-bond acceptors (Lipinski definition) is 6. The van der Waals surface area contributed by atoms with Gasteiger partial charge in [0.05, 0.1) is 16.6 Å². The zero-order valence-corrected chi connectivity index (χ0v) is 22.8. The van der Waals surface area contributed by atoms with Gasteiger partial charge in [0.15, 0.2) is 0 Å². The second-order valence-electron chi connectivity index (χ2n) is 10.9. The van der Waals surface area contributed by atoms with Crippen molar-refractivity contribution in [1.82, 2.24) is 29.9 Å². The third kappa shape index (κ3) is 5.51. The molecule has 1 aliphatic heterocycles. The van der Waals surface area contributed by atoms with E-state index in [4.69, 9.17) is 0 Å². The fourth-order valence-corrected chi connectivity index (χ4v) is 6.48. The average molecular weight is 535 g/mol. The Kier molecular flexibility index (Phi) is 7.11. The van der Waals surface area contributed by atoms with Gasteiger partial charge in [0.1, 0.15) is 6.04 Å². The maximum absolute atomic E-state index is 13.3. The molecule has 2 atom stereocenters. The first-order valence-electron chi connectivity index (χ1n) is 12.9. The van der Waals surface area contributed by atoms with Gasteiger partial charge in [-0.25, -0.2) is 13.1 Å². The van der Waals surface area contributed by atoms with E-state index in [2.05, 4.69) is 59.9 Å². The molecule has 1 unspecified atom stereocenters. The van der Waals surface area contributed by atoms with Crippen molar-refractivity contribution >= 4 is 15.9 Å². The van der Waals surface area contributed by atoms with Gasteiger partial charge in [-0.2, -0.15) is 0 Å². The average Bonchev–Trinajstić information content (AvgIpc) is 3.36. The quantitative estimate of drug-likeness (QED) is 0.482. The van der Waals surface area contributed by atoms with Crippen LogP contribution < -0.4 is 10.6 Å². The Labute approximate surface area is 224 Å². The van der Waals surface area contributed by atoms with E-state index in [9.17, 15) is 13.2 Å². The molecule has 1 aliphatic carbocycles. The van der Waals surface area contributed by atoms with Gasteiger partial charge in [0, 0.05) is 37.1 Å². The van der Waals surface area contributed by atoms with Crippen molar-refractivity contribution in [2.75, 3.05) is 0 Å². The molecule has 2 N–H and O–H groups in total. The van der Waals surface area contributed by atoms with Gasteiger partial charge in [-0.3, -0.25) is 9.10 Å². The number of benzene rings is 2. The highest BCUT2D eigenvalue weighted by molar-refractivity contribution is 7.89. The lowest BCUT2D eigenvalue weighted by Gasteiger charge is -2.31. The van der Waals surface area contributed by atoms with Crippen molar-refractivity contribution in [3.63, 3.8) is 0 Å². The summed E-state index contributed by atoms with van der Waals surface area (Å²) in [4.78, 5) is 12.9. The Hall–Kier alpha value is -3.50. The highest BCUT2D eigenvalue weighted by Gasteiger charge is 2.36. The van der Waals surface area contributed by atoms with E-state index in [0.29, 0.717) is 5.69 Å². The number of fused-ring (bicyclic) bond motifs is 1. The minimum atomic E-state index is -3.91. The number of carbonyl (C=O) groups is 1. The summed E-state index contributed by atoms with van der Waals surface area (Å²) in [5, 5.41) is 14.9. The summed E-state index contributed by atoms with van der Waals surface area (Å²) in [6, 6.07) is 13.8. The first kappa shape index (κ1) is 26.1. The molecule has 10 heteroatoms. The Balaban J connectivity index is 1.36. The molecular weight excluding hydrogens is 500 g/mol. The lowest BCUT2D eigenvalue weighted by atomic mass is 9.86. The number of nitrogens with one attached hydrogen (secondary N) is 2. The summed E-state index contributed by atoms with van der Waals surface area (Å²) in [6.07, 6.45) is 7.70. The van der Waals surface area contributed by atoms with Crippen LogP contribution in [-0.2, 0) is 34.2 Å². The minimum absolute atomic E-state index is 0.0499. The van der Waals surface area contributed by atoms with Gasteiger partial charge >= 0.3 is 0 Å². The van der Waals surface area contributed by atoms with E-state index < -0.39 is 22.0 Å². The maximum atomic E-state index is 13.3. The van der Waals surface area contributed by atoms with Gasteiger partial charge in [0.25, 0.3) is 10.0 Å². The summed E-state index contributed by atoms with van der Waals surface area (Å²) in [5.74, 6) is -0.402. The number of rotatable bonds is 7. The van der Waals surface area contributed by atoms with Crippen molar-refractivity contribution in [3.8, 4) is 0 Å². The Morgan fingerprint density at radius 3 is 2.68 bits per heavy atom. The molecule has 2 aliphatic rings. The van der Waals surface area contributed by atoms with Gasteiger partial charge in [-0.15, -0.1) is 5.10 Å². The second-order valence-corrected chi connectivity index (χ2v) is 12.8. The third-order valence-corrected chi connectivity index (χ3v) is 8.77. The molecule has 3 aromatic rings. The standard InChI is InChI=1S/C28H34N6O3S/c1-28(2,3)30-18-20-12-13-24-21(16-20)8-7-11-25(24)33-19-22(31-32-33)17-26-27(35)29-14-15-34(26)38(36,37)23-9-5-4-6-10-23/h4-6,9-10,12-16,19,25-26,30H,7-8,11,17-18H2,1-3H3,(H,29,35)/t25-,26?/m1/s1. The lowest BCUT2D eigenvalue weighted by molar-refractivity contribution is -0.124. The molecule has 0 radical (unpaired) electrons. The van der Waals surface area contributed by atoms with Crippen LogP contribution in [0.25, 0.3) is 0 Å². The topological polar surface area (TPSA) is 109 Å². The number of hydrogen-bond donors (Lipinski definition) is 2. The first-order chi connectivity index (χ1) is 18.1. The summed E-state index contributed by atoms with van der Waals surface area (Å²) >= 11 is 0. The number of aryl methyl sites for hydroxylation is 1. The van der Waals surface area contributed by atoms with Crippen LogP contribution in [0, 0.1) is 0 Å². The molecule has 0 saturated heterocycles. The predicted molar refractivity (Wildman–Crippen MR) is 144 cm³/mol. The van der Waals surface area contributed by atoms with Crippen molar-refractivity contribution in [3.05, 3.63) is 89.5 Å². The second kappa shape index (κ2) is 10.3. The summed E-state index contributed by atoms with van der Waals surface area (Å²) in [7, 11) is -3.91.